The summed E-state index contributed by atoms with van der Waals surface area (Å²) in [5.74, 6) is 0. The first kappa shape index (κ1) is 29.9. The van der Waals surface area contributed by atoms with Crippen LogP contribution in [0.2, 0.25) is 0 Å². The van der Waals surface area contributed by atoms with E-state index in [1.165, 1.54) is 0 Å². The first-order valence-corrected chi connectivity index (χ1v) is 18.6. The van der Waals surface area contributed by atoms with E-state index in [0.717, 1.165) is 0 Å². The van der Waals surface area contributed by atoms with Crippen molar-refractivity contribution in [2.24, 2.45) is 0 Å². The molecule has 0 aromatic rings. The molecular formula is H2Cl6IrNa3O. The molecule has 11 heteroatoms. The van der Waals surface area contributed by atoms with Gasteiger partial charge in [-0.1, -0.05) is 0 Å². The second-order valence-electron chi connectivity index (χ2n) is 0.714. The van der Waals surface area contributed by atoms with Gasteiger partial charge in [-0.05, 0) is 0 Å². The van der Waals surface area contributed by atoms with E-state index >= 15 is 0 Å². The van der Waals surface area contributed by atoms with Crippen molar-refractivity contribution < 1.29 is 101 Å². The molecule has 0 aliphatic carbocycles. The normalized spacial score (nSPS) is 14.7. The van der Waals surface area contributed by atoms with Crippen molar-refractivity contribution in [3.05, 3.63) is 0 Å². The Labute approximate surface area is 154 Å². The van der Waals surface area contributed by atoms with Crippen molar-refractivity contribution in [1.29, 1.82) is 0 Å². The van der Waals surface area contributed by atoms with Crippen LogP contribution in [-0.4, -0.2) is 5.48 Å². The molecule has 0 unspecified atom stereocenters. The van der Waals surface area contributed by atoms with Gasteiger partial charge in [-0.2, -0.15) is 0 Å². The number of hydrogen-bond acceptors (Lipinski definition) is 0. The molecule has 0 saturated heterocycles. The van der Waals surface area contributed by atoms with Crippen LogP contribution in [0.15, 0.2) is 0 Å². The van der Waals surface area contributed by atoms with Gasteiger partial charge in [0.25, 0.3) is 0 Å². The second kappa shape index (κ2) is 7.63. The second-order valence-corrected chi connectivity index (χ2v) is 52.6. The van der Waals surface area contributed by atoms with E-state index in [4.69, 9.17) is 57.5 Å². The third-order valence-corrected chi connectivity index (χ3v) is 0. The Balaban J connectivity index is -0.0000000300. The van der Waals surface area contributed by atoms with E-state index in [9.17, 15) is 0 Å². The molecule has 0 aromatic carbocycles. The van der Waals surface area contributed by atoms with Crippen LogP contribution in [0.3, 0.4) is 0 Å². The SMILES string of the molecule is O.[Cl][Ir-3]([Cl])([Cl])([Cl])([Cl])[Cl].[Na+].[Na+].[Na+]. The summed E-state index contributed by atoms with van der Waals surface area (Å²) in [7, 11) is 30.3. The van der Waals surface area contributed by atoms with E-state index in [0.29, 0.717) is 0 Å². The van der Waals surface area contributed by atoms with E-state index in [1.54, 1.807) is 0 Å². The summed E-state index contributed by atoms with van der Waals surface area (Å²) in [6, 6.07) is 0. The molecule has 0 aromatic heterocycles. The molecule has 0 radical (unpaired) electrons. The van der Waals surface area contributed by atoms with Gasteiger partial charge in [0.1, 0.15) is 0 Å². The predicted octanol–water partition coefficient (Wildman–Crippen LogP) is -5.68. The molecule has 0 aliphatic heterocycles. The maximum atomic E-state index is 5.06. The predicted molar refractivity (Wildman–Crippen MR) is 38.7 cm³/mol. The molecule has 11 heavy (non-hydrogen) atoms. The molecule has 0 amide bonds. The van der Waals surface area contributed by atoms with Crippen LogP contribution in [0, 0.1) is 0 Å². The van der Waals surface area contributed by atoms with Gasteiger partial charge >= 0.3 is 153 Å². The fourth-order valence-corrected chi connectivity index (χ4v) is 0. The third kappa shape index (κ3) is 95.6. The number of rotatable bonds is 0. The molecule has 0 atom stereocenters. The minimum atomic E-state index is -5.33. The zero-order valence-corrected chi connectivity index (χ0v) is 19.0. The van der Waals surface area contributed by atoms with E-state index in [1.807, 2.05) is 0 Å². The van der Waals surface area contributed by atoms with Gasteiger partial charge < -0.3 is 5.48 Å². The molecule has 0 fully saturated rings. The molecule has 1 nitrogen and oxygen atoms in total. The van der Waals surface area contributed by atoms with E-state index in [2.05, 4.69) is 0 Å². The van der Waals surface area contributed by atoms with Gasteiger partial charge in [-0.3, -0.25) is 0 Å². The van der Waals surface area contributed by atoms with Crippen LogP contribution >= 0.6 is 57.5 Å². The average Bonchev–Trinajstić information content (AvgIpc) is 0.592. The van der Waals surface area contributed by atoms with Gasteiger partial charge in [-0.25, -0.2) is 0 Å². The van der Waals surface area contributed by atoms with Crippen molar-refractivity contribution in [3.8, 4) is 0 Å². The van der Waals surface area contributed by atoms with Crippen LogP contribution in [-0.2, 0) is 6.81 Å². The molecule has 62 valence electrons. The summed E-state index contributed by atoms with van der Waals surface area (Å²) >= 11 is 0. The molecule has 0 rings (SSSR count). The standard InChI is InChI=1S/6ClH.Ir.3Na.H2O/h6*1H;;;;;1H2/q;;;;;;+3;3*+1;/p-6. The van der Waals surface area contributed by atoms with Gasteiger partial charge in [-0.15, -0.1) is 0 Å². The molecule has 0 aliphatic rings. The molecule has 0 bridgehead atoms. The van der Waals surface area contributed by atoms with Crippen LogP contribution in [0.1, 0.15) is 0 Å². The van der Waals surface area contributed by atoms with Crippen molar-refractivity contribution in [1.82, 2.24) is 0 Å². The first-order valence-electron chi connectivity index (χ1n) is 0.756. The van der Waals surface area contributed by atoms with Gasteiger partial charge in [0.2, 0.25) is 0 Å². The number of hydrogen-bond donors (Lipinski definition) is 0. The largest absolute Gasteiger partial charge is 1.00 e. The fourth-order valence-electron chi connectivity index (χ4n) is 0. The average molecular weight is 492 g/mol. The number of halogens is 6. The molecule has 2 N–H and O–H groups in total. The first-order chi connectivity index (χ1) is 2.45. The summed E-state index contributed by atoms with van der Waals surface area (Å²) in [4.78, 5) is 0. The smallest absolute Gasteiger partial charge is 1.00 e. The minimum Gasteiger partial charge on any atom is 1.00 e. The van der Waals surface area contributed by atoms with E-state index < -0.39 is 6.81 Å². The summed E-state index contributed by atoms with van der Waals surface area (Å²) in [5, 5.41) is 0. The quantitative estimate of drug-likeness (QED) is 0.303. The van der Waals surface area contributed by atoms with E-state index in [-0.39, 0.29) is 94.1 Å². The van der Waals surface area contributed by atoms with Crippen LogP contribution in [0.4, 0.5) is 0 Å². The van der Waals surface area contributed by atoms with Crippen LogP contribution in [0.25, 0.3) is 0 Å². The Bertz CT molecular complexity index is 76.4. The van der Waals surface area contributed by atoms with Gasteiger partial charge in [0.15, 0.2) is 0 Å². The summed E-state index contributed by atoms with van der Waals surface area (Å²) in [6.45, 7) is -5.33. The zero-order chi connectivity index (χ0) is 6.41. The maximum absolute atomic E-state index is 5.33. The van der Waals surface area contributed by atoms with Crippen molar-refractivity contribution >= 4 is 57.5 Å². The molecule has 0 spiro atoms. The Morgan fingerprint density at radius 1 is 0.545 bits per heavy atom. The Kier molecular flexibility index (Phi) is 20.7. The Morgan fingerprint density at radius 2 is 0.545 bits per heavy atom. The molecule has 0 heterocycles. The Hall–Kier alpha value is 5.35. The summed E-state index contributed by atoms with van der Waals surface area (Å²) in [6.07, 6.45) is 0. The van der Waals surface area contributed by atoms with Crippen molar-refractivity contribution in [2.45, 2.75) is 0 Å². The van der Waals surface area contributed by atoms with Gasteiger partial charge in [0, 0.05) is 0 Å². The molecule has 0 saturated carbocycles. The zero-order valence-electron chi connectivity index (χ0n) is 6.10. The maximum Gasteiger partial charge on any atom is 1.00 e. The van der Waals surface area contributed by atoms with Crippen molar-refractivity contribution in [3.63, 3.8) is 0 Å². The topological polar surface area (TPSA) is 31.5 Å². The summed E-state index contributed by atoms with van der Waals surface area (Å²) in [5.41, 5.74) is 0. The minimum absolute atomic E-state index is 0. The third-order valence-electron chi connectivity index (χ3n) is 0. The van der Waals surface area contributed by atoms with Crippen molar-refractivity contribution in [2.75, 3.05) is 0 Å². The molecular weight excluding hydrogens is 490 g/mol. The monoisotopic (exact) mass is 490 g/mol. The van der Waals surface area contributed by atoms with Gasteiger partial charge in [0.05, 0.1) is 0 Å². The fraction of sp³-hybridized carbons (Fsp3) is 0. The Morgan fingerprint density at radius 3 is 0.545 bits per heavy atom. The van der Waals surface area contributed by atoms with Crippen LogP contribution < -0.4 is 88.7 Å². The van der Waals surface area contributed by atoms with Crippen LogP contribution in [0.5, 0.6) is 0 Å². The summed E-state index contributed by atoms with van der Waals surface area (Å²) < 4.78 is 0.